The smallest absolute Gasteiger partial charge is 0.265 e. The normalized spacial score (nSPS) is 17.4. The third-order valence-electron chi connectivity index (χ3n) is 3.73. The van der Waals surface area contributed by atoms with E-state index >= 15 is 0 Å². The van der Waals surface area contributed by atoms with E-state index in [1.807, 2.05) is 6.07 Å². The molecule has 1 unspecified atom stereocenters. The van der Waals surface area contributed by atoms with Gasteiger partial charge in [-0.1, -0.05) is 6.92 Å². The van der Waals surface area contributed by atoms with E-state index in [-0.39, 0.29) is 11.6 Å². The van der Waals surface area contributed by atoms with E-state index in [1.165, 1.54) is 27.8 Å². The highest BCUT2D eigenvalue weighted by atomic mass is 32.1. The van der Waals surface area contributed by atoms with Crippen LogP contribution >= 0.6 is 11.3 Å². The van der Waals surface area contributed by atoms with Gasteiger partial charge in [-0.3, -0.25) is 4.79 Å². The van der Waals surface area contributed by atoms with Crippen LogP contribution in [-0.4, -0.2) is 5.91 Å². The number of amides is 1. The number of fused-ring (bicyclic) bond motifs is 1. The highest BCUT2D eigenvalue weighted by Crippen LogP contribution is 2.32. The van der Waals surface area contributed by atoms with Crippen LogP contribution in [0.1, 0.15) is 33.5 Å². The Bertz CT molecular complexity index is 696. The van der Waals surface area contributed by atoms with Crippen LogP contribution in [0.5, 0.6) is 0 Å². The van der Waals surface area contributed by atoms with Crippen LogP contribution in [-0.2, 0) is 12.8 Å². The number of rotatable bonds is 2. The number of anilines is 1. The fourth-order valence-corrected chi connectivity index (χ4v) is 3.70. The summed E-state index contributed by atoms with van der Waals surface area (Å²) in [5, 5.41) is 2.50. The minimum absolute atomic E-state index is 0.00106. The first-order valence-electron chi connectivity index (χ1n) is 6.91. The van der Waals surface area contributed by atoms with Crippen LogP contribution in [0.2, 0.25) is 0 Å². The molecule has 0 saturated heterocycles. The van der Waals surface area contributed by atoms with Crippen molar-refractivity contribution in [2.24, 2.45) is 5.92 Å². The summed E-state index contributed by atoms with van der Waals surface area (Å²) in [5.74, 6) is -1.13. The Labute approximate surface area is 125 Å². The summed E-state index contributed by atoms with van der Waals surface area (Å²) in [6.07, 6.45) is 3.13. The van der Waals surface area contributed by atoms with Crippen LogP contribution in [0.4, 0.5) is 14.5 Å². The van der Waals surface area contributed by atoms with Gasteiger partial charge in [0, 0.05) is 10.9 Å². The van der Waals surface area contributed by atoms with Crippen molar-refractivity contribution in [1.29, 1.82) is 0 Å². The average Bonchev–Trinajstić information content (AvgIpc) is 2.85. The second-order valence-electron chi connectivity index (χ2n) is 5.49. The predicted molar refractivity (Wildman–Crippen MR) is 79.8 cm³/mol. The molecule has 2 nitrogen and oxygen atoms in total. The van der Waals surface area contributed by atoms with Gasteiger partial charge in [0.2, 0.25) is 0 Å². The molecule has 0 spiro atoms. The molecule has 2 aromatic rings. The molecule has 1 N–H and O–H groups in total. The van der Waals surface area contributed by atoms with Gasteiger partial charge in [-0.05, 0) is 48.9 Å². The highest BCUT2D eigenvalue weighted by molar-refractivity contribution is 7.14. The molecule has 1 aliphatic carbocycles. The largest absolute Gasteiger partial charge is 0.319 e. The van der Waals surface area contributed by atoms with Crippen molar-refractivity contribution < 1.29 is 13.6 Å². The first-order valence-corrected chi connectivity index (χ1v) is 7.72. The molecule has 21 heavy (non-hydrogen) atoms. The van der Waals surface area contributed by atoms with Crippen LogP contribution in [0.3, 0.4) is 0 Å². The van der Waals surface area contributed by atoms with E-state index in [2.05, 4.69) is 12.2 Å². The number of aryl methyl sites for hydroxylation is 1. The number of hydrogen-bond donors (Lipinski definition) is 1. The maximum Gasteiger partial charge on any atom is 0.265 e. The van der Waals surface area contributed by atoms with Crippen LogP contribution in [0.25, 0.3) is 0 Å². The summed E-state index contributed by atoms with van der Waals surface area (Å²) >= 11 is 1.47. The van der Waals surface area contributed by atoms with Gasteiger partial charge in [0.15, 0.2) is 0 Å². The van der Waals surface area contributed by atoms with Crippen molar-refractivity contribution >= 4 is 22.9 Å². The first kappa shape index (κ1) is 14.2. The van der Waals surface area contributed by atoms with Crippen molar-refractivity contribution in [3.05, 3.63) is 51.2 Å². The van der Waals surface area contributed by atoms with Gasteiger partial charge in [0.25, 0.3) is 5.91 Å². The molecule has 5 heteroatoms. The van der Waals surface area contributed by atoms with E-state index in [0.717, 1.165) is 31.4 Å². The quantitative estimate of drug-likeness (QED) is 0.875. The molecule has 1 atom stereocenters. The summed E-state index contributed by atoms with van der Waals surface area (Å²) in [6.45, 7) is 2.20. The van der Waals surface area contributed by atoms with Gasteiger partial charge >= 0.3 is 0 Å². The van der Waals surface area contributed by atoms with Gasteiger partial charge in [-0.25, -0.2) is 8.78 Å². The Morgan fingerprint density at radius 3 is 2.90 bits per heavy atom. The maximum absolute atomic E-state index is 13.6. The van der Waals surface area contributed by atoms with Crippen LogP contribution < -0.4 is 5.32 Å². The van der Waals surface area contributed by atoms with E-state index in [0.29, 0.717) is 10.8 Å². The Hall–Kier alpha value is -1.75. The lowest BCUT2D eigenvalue weighted by atomic mass is 9.90. The summed E-state index contributed by atoms with van der Waals surface area (Å²) < 4.78 is 26.4. The first-order chi connectivity index (χ1) is 10.0. The Kier molecular flexibility index (Phi) is 3.76. The summed E-state index contributed by atoms with van der Waals surface area (Å²) in [6, 6.07) is 5.02. The minimum Gasteiger partial charge on any atom is -0.319 e. The van der Waals surface area contributed by atoms with Gasteiger partial charge in [0.1, 0.15) is 11.6 Å². The Balaban J connectivity index is 1.79. The molecule has 3 rings (SSSR count). The summed E-state index contributed by atoms with van der Waals surface area (Å²) in [4.78, 5) is 14.0. The fraction of sp³-hybridized carbons (Fsp3) is 0.312. The van der Waals surface area contributed by atoms with E-state index in [4.69, 9.17) is 0 Å². The van der Waals surface area contributed by atoms with Crippen molar-refractivity contribution in [1.82, 2.24) is 0 Å². The third-order valence-corrected chi connectivity index (χ3v) is 4.97. The second-order valence-corrected chi connectivity index (χ2v) is 6.62. The number of benzene rings is 1. The summed E-state index contributed by atoms with van der Waals surface area (Å²) in [5.41, 5.74) is 1.23. The molecule has 1 aromatic carbocycles. The zero-order valence-electron chi connectivity index (χ0n) is 11.6. The molecule has 0 aliphatic heterocycles. The zero-order chi connectivity index (χ0) is 15.0. The van der Waals surface area contributed by atoms with E-state index in [1.54, 1.807) is 0 Å². The molecular weight excluding hydrogens is 292 g/mol. The molecule has 0 saturated carbocycles. The highest BCUT2D eigenvalue weighted by Gasteiger charge is 2.21. The zero-order valence-corrected chi connectivity index (χ0v) is 12.4. The van der Waals surface area contributed by atoms with Gasteiger partial charge in [-0.2, -0.15) is 0 Å². The molecule has 0 fully saturated rings. The Morgan fingerprint density at radius 1 is 1.33 bits per heavy atom. The van der Waals surface area contributed by atoms with Crippen molar-refractivity contribution in [2.45, 2.75) is 26.2 Å². The SMILES string of the molecule is CC1CCc2sc(C(=O)Nc3ccc(F)cc3F)cc2C1. The lowest BCUT2D eigenvalue weighted by Crippen LogP contribution is -2.11. The lowest BCUT2D eigenvalue weighted by Gasteiger charge is -2.16. The molecule has 1 aliphatic rings. The van der Waals surface area contributed by atoms with Crippen molar-refractivity contribution in [2.75, 3.05) is 5.32 Å². The van der Waals surface area contributed by atoms with E-state index < -0.39 is 11.6 Å². The minimum atomic E-state index is -0.765. The molecule has 0 bridgehead atoms. The number of thiophene rings is 1. The van der Waals surface area contributed by atoms with Crippen molar-refractivity contribution in [3.63, 3.8) is 0 Å². The van der Waals surface area contributed by atoms with Crippen molar-refractivity contribution in [3.8, 4) is 0 Å². The molecule has 1 aromatic heterocycles. The van der Waals surface area contributed by atoms with Gasteiger partial charge < -0.3 is 5.32 Å². The molecule has 1 heterocycles. The lowest BCUT2D eigenvalue weighted by molar-refractivity contribution is 0.103. The van der Waals surface area contributed by atoms with Crippen LogP contribution in [0.15, 0.2) is 24.3 Å². The standard InChI is InChI=1S/C16H15F2NOS/c1-9-2-5-14-10(6-9)7-15(21-14)16(20)19-13-4-3-11(17)8-12(13)18/h3-4,7-9H,2,5-6H2,1H3,(H,19,20). The van der Waals surface area contributed by atoms with Crippen LogP contribution in [0, 0.1) is 17.6 Å². The fourth-order valence-electron chi connectivity index (χ4n) is 2.59. The summed E-state index contributed by atoms with van der Waals surface area (Å²) in [7, 11) is 0. The molecule has 110 valence electrons. The third kappa shape index (κ3) is 2.97. The molecular formula is C16H15F2NOS. The van der Waals surface area contributed by atoms with Gasteiger partial charge in [-0.15, -0.1) is 11.3 Å². The topological polar surface area (TPSA) is 29.1 Å². The maximum atomic E-state index is 13.6. The number of carbonyl (C=O) groups excluding carboxylic acids is 1. The molecule has 0 radical (unpaired) electrons. The number of nitrogens with one attached hydrogen (secondary N) is 1. The monoisotopic (exact) mass is 307 g/mol. The number of halogens is 2. The predicted octanol–water partition coefficient (Wildman–Crippen LogP) is 4.40. The second kappa shape index (κ2) is 5.56. The number of carbonyl (C=O) groups is 1. The van der Waals surface area contributed by atoms with Gasteiger partial charge in [0.05, 0.1) is 10.6 Å². The average molecular weight is 307 g/mol. The van der Waals surface area contributed by atoms with E-state index in [9.17, 15) is 13.6 Å². The Morgan fingerprint density at radius 2 is 2.14 bits per heavy atom. The number of hydrogen-bond acceptors (Lipinski definition) is 2. The molecule has 1 amide bonds.